The molecule has 0 aliphatic carbocycles. The second-order valence-electron chi connectivity index (χ2n) is 2.98. The van der Waals surface area contributed by atoms with Crippen LogP contribution in [0.25, 0.3) is 6.08 Å². The Bertz CT molecular complexity index is 427. The second-order valence-corrected chi connectivity index (χ2v) is 3.42. The lowest BCUT2D eigenvalue weighted by atomic mass is 10.2. The maximum Gasteiger partial charge on any atom is 0.182 e. The van der Waals surface area contributed by atoms with E-state index in [1.807, 2.05) is 43.5 Å². The molecule has 1 rings (SSSR count). The molecular weight excluding hydrogens is 222 g/mol. The topological polar surface area (TPSA) is 48.2 Å². The van der Waals surface area contributed by atoms with Crippen LogP contribution in [0.15, 0.2) is 35.3 Å². The van der Waals surface area contributed by atoms with Crippen LogP contribution in [0, 0.1) is 11.5 Å². The van der Waals surface area contributed by atoms with Crippen molar-refractivity contribution in [3.63, 3.8) is 0 Å². The Labute approximate surface area is 100 Å². The molecule has 16 heavy (non-hydrogen) atoms. The third kappa shape index (κ3) is 4.16. The first-order chi connectivity index (χ1) is 7.76. The molecule has 4 heteroatoms. The fourth-order valence-electron chi connectivity index (χ4n) is 1.11. The van der Waals surface area contributed by atoms with Gasteiger partial charge in [0, 0.05) is 11.6 Å². The van der Waals surface area contributed by atoms with Crippen LogP contribution in [0.5, 0.6) is 0 Å². The van der Waals surface area contributed by atoms with Crippen molar-refractivity contribution >= 4 is 23.5 Å². The summed E-state index contributed by atoms with van der Waals surface area (Å²) in [7, 11) is 0. The van der Waals surface area contributed by atoms with Crippen LogP contribution in [0.1, 0.15) is 12.5 Å². The molecule has 1 aromatic rings. The van der Waals surface area contributed by atoms with E-state index in [9.17, 15) is 0 Å². The van der Waals surface area contributed by atoms with Gasteiger partial charge in [0.05, 0.1) is 0 Å². The summed E-state index contributed by atoms with van der Waals surface area (Å²) >= 11 is 5.77. The van der Waals surface area contributed by atoms with E-state index >= 15 is 0 Å². The molecule has 1 N–H and O–H groups in total. The molecule has 0 amide bonds. The number of amidine groups is 1. The highest BCUT2D eigenvalue weighted by Crippen LogP contribution is 2.10. The lowest BCUT2D eigenvalue weighted by molar-refractivity contribution is 1.10. The number of nitrogens with zero attached hydrogens (tertiary/aromatic N) is 2. The average Bonchev–Trinajstić information content (AvgIpc) is 2.29. The Morgan fingerprint density at radius 3 is 2.75 bits per heavy atom. The third-order valence-corrected chi connectivity index (χ3v) is 2.07. The van der Waals surface area contributed by atoms with Crippen molar-refractivity contribution < 1.29 is 0 Å². The Kier molecular flexibility index (Phi) is 5.10. The molecule has 0 atom stereocenters. The van der Waals surface area contributed by atoms with Crippen LogP contribution < -0.4 is 5.32 Å². The Morgan fingerprint density at radius 2 is 2.19 bits per heavy atom. The SMILES string of the molecule is CCN=C(/C=C/c1ccc(Cl)cc1)NC#N. The van der Waals surface area contributed by atoms with Crippen LogP contribution in [0.3, 0.4) is 0 Å². The van der Waals surface area contributed by atoms with Crippen LogP contribution in [-0.2, 0) is 0 Å². The summed E-state index contributed by atoms with van der Waals surface area (Å²) in [5.74, 6) is 0.556. The molecule has 0 heterocycles. The van der Waals surface area contributed by atoms with Crippen molar-refractivity contribution in [3.8, 4) is 6.19 Å². The second kappa shape index (κ2) is 6.65. The summed E-state index contributed by atoms with van der Waals surface area (Å²) in [5, 5.41) is 11.7. The highest BCUT2D eigenvalue weighted by molar-refractivity contribution is 6.30. The van der Waals surface area contributed by atoms with Gasteiger partial charge < -0.3 is 0 Å². The molecule has 0 aliphatic rings. The van der Waals surface area contributed by atoms with Gasteiger partial charge in [0.2, 0.25) is 0 Å². The van der Waals surface area contributed by atoms with Crippen LogP contribution in [-0.4, -0.2) is 12.4 Å². The maximum absolute atomic E-state index is 8.50. The van der Waals surface area contributed by atoms with E-state index in [2.05, 4.69) is 10.3 Å². The number of rotatable bonds is 3. The van der Waals surface area contributed by atoms with Crippen molar-refractivity contribution in [3.05, 3.63) is 40.9 Å². The molecule has 0 radical (unpaired) electrons. The minimum Gasteiger partial charge on any atom is -0.277 e. The van der Waals surface area contributed by atoms with Gasteiger partial charge in [0.15, 0.2) is 6.19 Å². The van der Waals surface area contributed by atoms with Gasteiger partial charge in [-0.2, -0.15) is 5.26 Å². The Hall–Kier alpha value is -1.79. The largest absolute Gasteiger partial charge is 0.277 e. The lowest BCUT2D eigenvalue weighted by Crippen LogP contribution is -2.14. The summed E-state index contributed by atoms with van der Waals surface area (Å²) in [6.45, 7) is 2.55. The molecule has 0 aromatic heterocycles. The molecule has 0 aliphatic heterocycles. The van der Waals surface area contributed by atoms with Gasteiger partial charge in [-0.1, -0.05) is 29.8 Å². The molecule has 1 aromatic carbocycles. The minimum absolute atomic E-state index is 0.556. The van der Waals surface area contributed by atoms with Crippen molar-refractivity contribution in [2.75, 3.05) is 6.54 Å². The van der Waals surface area contributed by atoms with E-state index < -0.39 is 0 Å². The fourth-order valence-corrected chi connectivity index (χ4v) is 1.24. The highest BCUT2D eigenvalue weighted by Gasteiger charge is 1.91. The van der Waals surface area contributed by atoms with Gasteiger partial charge in [-0.25, -0.2) is 0 Å². The van der Waals surface area contributed by atoms with E-state index in [1.165, 1.54) is 0 Å². The standard InChI is InChI=1S/C12H12ClN3/c1-2-15-12(16-9-14)8-5-10-3-6-11(13)7-4-10/h3-8H,2H2,1H3,(H,15,16)/b8-5+. The van der Waals surface area contributed by atoms with E-state index in [1.54, 1.807) is 6.08 Å². The van der Waals surface area contributed by atoms with Gasteiger partial charge >= 0.3 is 0 Å². The number of aliphatic imine (C=N–C) groups is 1. The predicted octanol–water partition coefficient (Wildman–Crippen LogP) is 2.84. The van der Waals surface area contributed by atoms with E-state index in [-0.39, 0.29) is 0 Å². The molecule has 0 spiro atoms. The summed E-state index contributed by atoms with van der Waals surface area (Å²) < 4.78 is 0. The lowest BCUT2D eigenvalue weighted by Gasteiger charge is -1.97. The van der Waals surface area contributed by atoms with Gasteiger partial charge in [-0.15, -0.1) is 0 Å². The van der Waals surface area contributed by atoms with E-state index in [0.717, 1.165) is 5.56 Å². The highest BCUT2D eigenvalue weighted by atomic mass is 35.5. The van der Waals surface area contributed by atoms with Crippen LogP contribution in [0.4, 0.5) is 0 Å². The number of hydrogen-bond acceptors (Lipinski definition) is 2. The van der Waals surface area contributed by atoms with Crippen molar-refractivity contribution in [1.29, 1.82) is 5.26 Å². The molecule has 0 saturated heterocycles. The number of halogens is 1. The van der Waals surface area contributed by atoms with E-state index in [4.69, 9.17) is 16.9 Å². The zero-order valence-corrected chi connectivity index (χ0v) is 9.70. The first-order valence-electron chi connectivity index (χ1n) is 4.89. The first kappa shape index (κ1) is 12.3. The monoisotopic (exact) mass is 233 g/mol. The van der Waals surface area contributed by atoms with Gasteiger partial charge in [-0.3, -0.25) is 10.3 Å². The number of benzene rings is 1. The molecule has 0 unspecified atom stereocenters. The van der Waals surface area contributed by atoms with Crippen LogP contribution in [0.2, 0.25) is 5.02 Å². The van der Waals surface area contributed by atoms with Gasteiger partial charge in [-0.05, 0) is 30.7 Å². The summed E-state index contributed by atoms with van der Waals surface area (Å²) in [6, 6.07) is 7.43. The number of hydrogen-bond donors (Lipinski definition) is 1. The predicted molar refractivity (Wildman–Crippen MR) is 67.2 cm³/mol. The normalized spacial score (nSPS) is 11.4. The fraction of sp³-hybridized carbons (Fsp3) is 0.167. The molecule has 82 valence electrons. The summed E-state index contributed by atoms with van der Waals surface area (Å²) in [5.41, 5.74) is 1.01. The smallest absolute Gasteiger partial charge is 0.182 e. The average molecular weight is 234 g/mol. The van der Waals surface area contributed by atoms with Crippen LogP contribution >= 0.6 is 11.6 Å². The Morgan fingerprint density at radius 1 is 1.50 bits per heavy atom. The quantitative estimate of drug-likeness (QED) is 0.378. The molecular formula is C12H12ClN3. The third-order valence-electron chi connectivity index (χ3n) is 1.82. The number of nitriles is 1. The molecule has 0 saturated carbocycles. The minimum atomic E-state index is 0.556. The summed E-state index contributed by atoms with van der Waals surface area (Å²) in [4.78, 5) is 4.12. The molecule has 0 fully saturated rings. The van der Waals surface area contributed by atoms with E-state index in [0.29, 0.717) is 17.4 Å². The first-order valence-corrected chi connectivity index (χ1v) is 5.27. The van der Waals surface area contributed by atoms with Crippen molar-refractivity contribution in [1.82, 2.24) is 5.32 Å². The van der Waals surface area contributed by atoms with Crippen molar-refractivity contribution in [2.24, 2.45) is 4.99 Å². The van der Waals surface area contributed by atoms with Gasteiger partial charge in [0.1, 0.15) is 5.84 Å². The molecule has 0 bridgehead atoms. The number of nitrogens with one attached hydrogen (secondary N) is 1. The molecule has 3 nitrogen and oxygen atoms in total. The maximum atomic E-state index is 8.50. The summed E-state index contributed by atoms with van der Waals surface area (Å²) in [6.07, 6.45) is 5.47. The zero-order chi connectivity index (χ0) is 11.8. The zero-order valence-electron chi connectivity index (χ0n) is 8.94. The van der Waals surface area contributed by atoms with Crippen molar-refractivity contribution in [2.45, 2.75) is 6.92 Å². The van der Waals surface area contributed by atoms with Gasteiger partial charge in [0.25, 0.3) is 0 Å². The Balaban J connectivity index is 2.75.